The SMILES string of the molecule is COc1ccc(C(CC(=O)NCCC2C(=O)Nc3ccc(OC)cc32)c2c(O)cc3c(c2O)C(=O)OC(C)CCCC(=O)CCCC=C3)cc1. The highest BCUT2D eigenvalue weighted by Gasteiger charge is 2.33. The smallest absolute Gasteiger partial charge is 0.342 e. The van der Waals surface area contributed by atoms with Crippen LogP contribution in [0.3, 0.4) is 0 Å². The third kappa shape index (κ3) is 8.45. The van der Waals surface area contributed by atoms with E-state index in [-0.39, 0.29) is 53.0 Å². The summed E-state index contributed by atoms with van der Waals surface area (Å²) in [6.45, 7) is 1.92. The lowest BCUT2D eigenvalue weighted by atomic mass is 9.84. The number of nitrogens with one attached hydrogen (secondary N) is 2. The number of methoxy groups -OCH3 is 2. The van der Waals surface area contributed by atoms with Crippen LogP contribution in [0, 0.1) is 0 Å². The van der Waals surface area contributed by atoms with Gasteiger partial charge in [0.1, 0.15) is 34.3 Å². The summed E-state index contributed by atoms with van der Waals surface area (Å²) >= 11 is 0. The van der Waals surface area contributed by atoms with Crippen LogP contribution in [-0.4, -0.2) is 60.6 Å². The first kappa shape index (κ1) is 36.0. The van der Waals surface area contributed by atoms with E-state index in [0.29, 0.717) is 67.7 Å². The number of amides is 2. The van der Waals surface area contributed by atoms with Crippen LogP contribution in [0.2, 0.25) is 0 Å². The van der Waals surface area contributed by atoms with Gasteiger partial charge >= 0.3 is 5.97 Å². The normalized spacial score (nSPS) is 18.6. The van der Waals surface area contributed by atoms with Gasteiger partial charge in [-0.05, 0) is 92.1 Å². The van der Waals surface area contributed by atoms with E-state index in [1.165, 1.54) is 13.2 Å². The maximum absolute atomic E-state index is 13.6. The number of phenolic OH excluding ortho intramolecular Hbond substituents is 2. The summed E-state index contributed by atoms with van der Waals surface area (Å²) in [7, 11) is 3.08. The number of hydrogen-bond donors (Lipinski definition) is 4. The van der Waals surface area contributed by atoms with Gasteiger partial charge in [0.05, 0.1) is 26.2 Å². The number of hydrogen-bond acceptors (Lipinski definition) is 9. The van der Waals surface area contributed by atoms with Crippen molar-refractivity contribution in [1.29, 1.82) is 0 Å². The molecule has 3 aromatic rings. The molecule has 11 heteroatoms. The predicted octanol–water partition coefficient (Wildman–Crippen LogP) is 6.36. The minimum absolute atomic E-state index is 0.00461. The van der Waals surface area contributed by atoms with Gasteiger partial charge in [0.2, 0.25) is 11.8 Å². The fraction of sp³-hybridized carbons (Fsp3) is 0.385. The highest BCUT2D eigenvalue weighted by molar-refractivity contribution is 6.03. The number of esters is 1. The topological polar surface area (TPSA) is 160 Å². The van der Waals surface area contributed by atoms with Crippen LogP contribution in [-0.2, 0) is 19.1 Å². The van der Waals surface area contributed by atoms with Gasteiger partial charge in [0.15, 0.2) is 0 Å². The van der Waals surface area contributed by atoms with Gasteiger partial charge in [-0.15, -0.1) is 0 Å². The zero-order valence-electron chi connectivity index (χ0n) is 28.6. The van der Waals surface area contributed by atoms with Crippen LogP contribution in [0.25, 0.3) is 6.08 Å². The Morgan fingerprint density at radius 3 is 2.46 bits per heavy atom. The third-order valence-electron chi connectivity index (χ3n) is 9.27. The van der Waals surface area contributed by atoms with E-state index >= 15 is 0 Å². The molecule has 50 heavy (non-hydrogen) atoms. The van der Waals surface area contributed by atoms with E-state index in [1.54, 1.807) is 62.6 Å². The average molecular weight is 685 g/mol. The van der Waals surface area contributed by atoms with Crippen LogP contribution in [0.15, 0.2) is 54.6 Å². The number of cyclic esters (lactones) is 1. The minimum atomic E-state index is -0.876. The molecule has 3 unspecified atom stereocenters. The molecule has 264 valence electrons. The fourth-order valence-electron chi connectivity index (χ4n) is 6.57. The van der Waals surface area contributed by atoms with E-state index in [4.69, 9.17) is 14.2 Å². The fourth-order valence-corrected chi connectivity index (χ4v) is 6.57. The van der Waals surface area contributed by atoms with Crippen LogP contribution in [0.1, 0.15) is 103 Å². The van der Waals surface area contributed by atoms with Gasteiger partial charge in [-0.1, -0.05) is 24.3 Å². The number of ether oxygens (including phenoxy) is 3. The lowest BCUT2D eigenvalue weighted by molar-refractivity contribution is -0.122. The van der Waals surface area contributed by atoms with Gasteiger partial charge < -0.3 is 35.1 Å². The second-order valence-corrected chi connectivity index (χ2v) is 12.7. The molecule has 3 aromatic carbocycles. The zero-order chi connectivity index (χ0) is 35.8. The number of carbonyl (C=O) groups is 4. The highest BCUT2D eigenvalue weighted by atomic mass is 16.5. The van der Waals surface area contributed by atoms with Crippen molar-refractivity contribution in [1.82, 2.24) is 5.32 Å². The second kappa shape index (κ2) is 16.4. The van der Waals surface area contributed by atoms with Crippen LogP contribution in [0.5, 0.6) is 23.0 Å². The maximum Gasteiger partial charge on any atom is 0.342 e. The zero-order valence-corrected chi connectivity index (χ0v) is 28.6. The van der Waals surface area contributed by atoms with Gasteiger partial charge in [-0.3, -0.25) is 14.4 Å². The van der Waals surface area contributed by atoms with E-state index in [9.17, 15) is 29.4 Å². The van der Waals surface area contributed by atoms with Gasteiger partial charge in [0.25, 0.3) is 0 Å². The third-order valence-corrected chi connectivity index (χ3v) is 9.27. The summed E-state index contributed by atoms with van der Waals surface area (Å²) in [6, 6.07) is 13.6. The number of phenols is 2. The summed E-state index contributed by atoms with van der Waals surface area (Å²) in [4.78, 5) is 52.1. The molecule has 0 aromatic heterocycles. The lowest BCUT2D eigenvalue weighted by Crippen LogP contribution is -2.28. The second-order valence-electron chi connectivity index (χ2n) is 12.7. The van der Waals surface area contributed by atoms with Crippen molar-refractivity contribution in [3.63, 3.8) is 0 Å². The van der Waals surface area contributed by atoms with Crippen LogP contribution in [0.4, 0.5) is 5.69 Å². The summed E-state index contributed by atoms with van der Waals surface area (Å²) in [5.74, 6) is -2.10. The molecular weight excluding hydrogens is 640 g/mol. The standard InChI is InChI=1S/C39H44N2O9/c1-23-8-7-11-26(42)10-6-4-5-9-25-20-33(43)36(37(45)35(25)39(47)50-23)30(24-12-14-27(48-2)15-13-24)22-34(44)40-19-18-29-31-21-28(49-3)16-17-32(31)41-38(29)46/h5,9,12-17,20-21,23,29-30,43,45H,4,6-8,10-11,18-19,22H2,1-3H3,(H,40,44)(H,41,46). The van der Waals surface area contributed by atoms with Crippen molar-refractivity contribution in [2.45, 2.75) is 76.2 Å². The van der Waals surface area contributed by atoms with E-state index in [0.717, 1.165) is 5.56 Å². The van der Waals surface area contributed by atoms with Crippen molar-refractivity contribution in [3.8, 4) is 23.0 Å². The Morgan fingerprint density at radius 2 is 1.72 bits per heavy atom. The lowest BCUT2D eigenvalue weighted by Gasteiger charge is -2.23. The first-order valence-electron chi connectivity index (χ1n) is 17.0. The van der Waals surface area contributed by atoms with Crippen molar-refractivity contribution in [2.24, 2.45) is 0 Å². The van der Waals surface area contributed by atoms with Crippen molar-refractivity contribution in [3.05, 3.63) is 82.4 Å². The monoisotopic (exact) mass is 684 g/mol. The summed E-state index contributed by atoms with van der Waals surface area (Å²) in [5, 5.41) is 29.0. The number of fused-ring (bicyclic) bond motifs is 2. The van der Waals surface area contributed by atoms with Gasteiger partial charge in [-0.2, -0.15) is 0 Å². The molecule has 3 atom stereocenters. The Bertz CT molecular complexity index is 1770. The Morgan fingerprint density at radius 1 is 1.00 bits per heavy atom. The predicted molar refractivity (Wildman–Crippen MR) is 188 cm³/mol. The van der Waals surface area contributed by atoms with Crippen LogP contribution < -0.4 is 20.1 Å². The molecule has 0 fully saturated rings. The number of aromatic hydroxyl groups is 2. The molecule has 0 spiro atoms. The van der Waals surface area contributed by atoms with E-state index in [1.807, 2.05) is 6.07 Å². The molecule has 5 rings (SSSR count). The Hall–Kier alpha value is -5.32. The van der Waals surface area contributed by atoms with E-state index < -0.39 is 29.7 Å². The summed E-state index contributed by atoms with van der Waals surface area (Å²) in [6.07, 6.45) is 6.16. The average Bonchev–Trinajstić information content (AvgIpc) is 3.40. The Balaban J connectivity index is 1.44. The number of allylic oxidation sites excluding steroid dienone is 1. The molecule has 2 aliphatic rings. The number of rotatable bonds is 9. The minimum Gasteiger partial charge on any atom is -0.507 e. The maximum atomic E-state index is 13.6. The number of ketones is 1. The van der Waals surface area contributed by atoms with Crippen LogP contribution >= 0.6 is 0 Å². The van der Waals surface area contributed by atoms with Gasteiger partial charge in [0, 0.05) is 43.0 Å². The highest BCUT2D eigenvalue weighted by Crippen LogP contribution is 2.44. The molecule has 0 saturated carbocycles. The molecule has 0 radical (unpaired) electrons. The molecule has 0 saturated heterocycles. The number of Topliss-reactive ketones (excluding diaryl/α,β-unsaturated/α-hetero) is 1. The number of benzene rings is 3. The molecule has 11 nitrogen and oxygen atoms in total. The first-order chi connectivity index (χ1) is 24.1. The molecular formula is C39H44N2O9. The Labute approximate surface area is 291 Å². The largest absolute Gasteiger partial charge is 0.507 e. The molecule has 4 N–H and O–H groups in total. The molecule has 0 bridgehead atoms. The van der Waals surface area contributed by atoms with E-state index in [2.05, 4.69) is 10.6 Å². The summed E-state index contributed by atoms with van der Waals surface area (Å²) in [5.41, 5.74) is 2.24. The quantitative estimate of drug-likeness (QED) is 0.188. The molecule has 2 heterocycles. The molecule has 2 amide bonds. The van der Waals surface area contributed by atoms with Crippen molar-refractivity contribution >= 4 is 35.3 Å². The molecule has 2 aliphatic heterocycles. The van der Waals surface area contributed by atoms with Crippen molar-refractivity contribution < 1.29 is 43.6 Å². The Kier molecular flexibility index (Phi) is 11.8. The number of carbonyl (C=O) groups excluding carboxylic acids is 4. The summed E-state index contributed by atoms with van der Waals surface area (Å²) < 4.78 is 16.4. The number of anilines is 1. The molecule has 0 aliphatic carbocycles. The first-order valence-corrected chi connectivity index (χ1v) is 17.0. The van der Waals surface area contributed by atoms with Gasteiger partial charge in [-0.25, -0.2) is 4.79 Å². The van der Waals surface area contributed by atoms with Crippen molar-refractivity contribution in [2.75, 3.05) is 26.1 Å².